The molecule has 0 fully saturated rings. The molecule has 0 heterocycles. The van der Waals surface area contributed by atoms with Crippen LogP contribution in [0.5, 0.6) is 0 Å². The molecule has 0 bridgehead atoms. The van der Waals surface area contributed by atoms with Crippen molar-refractivity contribution >= 4 is 53.9 Å². The zero-order chi connectivity index (χ0) is 37.0. The van der Waals surface area contributed by atoms with Crippen LogP contribution in [0.1, 0.15) is 0 Å². The van der Waals surface area contributed by atoms with Crippen LogP contribution >= 0.6 is 0 Å². The van der Waals surface area contributed by atoms with E-state index in [-0.39, 0.29) is 0 Å². The maximum Gasteiger partial charge on any atom is -0.00261 e. The monoisotopic (exact) mass is 708 g/mol. The summed E-state index contributed by atoms with van der Waals surface area (Å²) in [6.45, 7) is 0. The van der Waals surface area contributed by atoms with Crippen molar-refractivity contribution in [2.75, 3.05) is 0 Å². The van der Waals surface area contributed by atoms with Crippen LogP contribution in [-0.4, -0.2) is 0 Å². The Morgan fingerprint density at radius 3 is 1.43 bits per heavy atom. The predicted molar refractivity (Wildman–Crippen MR) is 241 cm³/mol. The highest BCUT2D eigenvalue weighted by Gasteiger charge is 2.18. The van der Waals surface area contributed by atoms with Crippen molar-refractivity contribution < 1.29 is 0 Å². The van der Waals surface area contributed by atoms with Crippen molar-refractivity contribution in [2.24, 2.45) is 0 Å². The van der Waals surface area contributed by atoms with Gasteiger partial charge in [-0.25, -0.2) is 0 Å². The molecule has 260 valence electrons. The quantitative estimate of drug-likeness (QED) is 0.156. The lowest BCUT2D eigenvalue weighted by Gasteiger charge is -2.19. The normalized spacial score (nSPS) is 11.6. The molecule has 0 saturated carbocycles. The van der Waals surface area contributed by atoms with Crippen LogP contribution in [0.25, 0.3) is 109 Å². The predicted octanol–water partition coefficient (Wildman–Crippen LogP) is 15.8. The van der Waals surface area contributed by atoms with Gasteiger partial charge in [0.1, 0.15) is 0 Å². The van der Waals surface area contributed by atoms with Crippen molar-refractivity contribution in [1.29, 1.82) is 0 Å². The van der Waals surface area contributed by atoms with Crippen LogP contribution < -0.4 is 0 Å². The maximum atomic E-state index is 2.44. The van der Waals surface area contributed by atoms with Gasteiger partial charge in [0.2, 0.25) is 0 Å². The molecule has 11 rings (SSSR count). The lowest BCUT2D eigenvalue weighted by molar-refractivity contribution is 1.61. The SMILES string of the molecule is c1ccc(-c2c3ccccc3c(-c3ccc4cc(-c5cccc6ccccc56)cc(-c5cccc(-c6ccc7ccccc7c6)c5)c4c3)c3ccccc23)cc1. The average Bonchev–Trinajstić information content (AvgIpc) is 3.27. The smallest absolute Gasteiger partial charge is 0.00261 e. The van der Waals surface area contributed by atoms with Crippen LogP contribution in [-0.2, 0) is 0 Å². The summed E-state index contributed by atoms with van der Waals surface area (Å²) in [6.07, 6.45) is 0. The molecular formula is C56H36. The highest BCUT2D eigenvalue weighted by atomic mass is 14.2. The topological polar surface area (TPSA) is 0 Å². The summed E-state index contributed by atoms with van der Waals surface area (Å²) in [5, 5.41) is 12.5. The van der Waals surface area contributed by atoms with Crippen LogP contribution in [0.2, 0.25) is 0 Å². The third-order valence-electron chi connectivity index (χ3n) is 11.6. The number of hydrogen-bond donors (Lipinski definition) is 0. The fraction of sp³-hybridized carbons (Fsp3) is 0. The Bertz CT molecular complexity index is 3230. The lowest BCUT2D eigenvalue weighted by Crippen LogP contribution is -1.92. The number of rotatable bonds is 5. The van der Waals surface area contributed by atoms with E-state index in [1.54, 1.807) is 0 Å². The first-order chi connectivity index (χ1) is 27.8. The largest absolute Gasteiger partial charge is 0.0622 e. The average molecular weight is 709 g/mol. The summed E-state index contributed by atoms with van der Waals surface area (Å²) in [5.41, 5.74) is 12.3. The van der Waals surface area contributed by atoms with E-state index in [1.165, 1.54) is 109 Å². The third kappa shape index (κ3) is 5.38. The van der Waals surface area contributed by atoms with E-state index in [0.29, 0.717) is 0 Å². The van der Waals surface area contributed by atoms with Gasteiger partial charge < -0.3 is 0 Å². The number of benzene rings is 11. The van der Waals surface area contributed by atoms with E-state index in [4.69, 9.17) is 0 Å². The van der Waals surface area contributed by atoms with Crippen molar-refractivity contribution in [2.45, 2.75) is 0 Å². The molecule has 0 unspecified atom stereocenters. The second-order valence-corrected chi connectivity index (χ2v) is 14.8. The van der Waals surface area contributed by atoms with E-state index in [1.807, 2.05) is 0 Å². The van der Waals surface area contributed by atoms with Gasteiger partial charge in [-0.1, -0.05) is 188 Å². The Labute approximate surface area is 326 Å². The van der Waals surface area contributed by atoms with Gasteiger partial charge in [-0.2, -0.15) is 0 Å². The fourth-order valence-corrected chi connectivity index (χ4v) is 8.98. The molecule has 0 aliphatic rings. The molecule has 0 aliphatic heterocycles. The summed E-state index contributed by atoms with van der Waals surface area (Å²) < 4.78 is 0. The molecule has 11 aromatic carbocycles. The first-order valence-corrected chi connectivity index (χ1v) is 19.4. The first kappa shape index (κ1) is 32.2. The maximum absolute atomic E-state index is 2.44. The van der Waals surface area contributed by atoms with Crippen molar-refractivity contribution in [1.82, 2.24) is 0 Å². The van der Waals surface area contributed by atoms with Gasteiger partial charge >= 0.3 is 0 Å². The third-order valence-corrected chi connectivity index (χ3v) is 11.6. The van der Waals surface area contributed by atoms with Gasteiger partial charge in [0.15, 0.2) is 0 Å². The zero-order valence-corrected chi connectivity index (χ0v) is 30.8. The molecule has 0 spiro atoms. The van der Waals surface area contributed by atoms with Crippen LogP contribution in [0.4, 0.5) is 0 Å². The van der Waals surface area contributed by atoms with E-state index < -0.39 is 0 Å². The van der Waals surface area contributed by atoms with Gasteiger partial charge in [0.05, 0.1) is 0 Å². The van der Waals surface area contributed by atoms with E-state index in [9.17, 15) is 0 Å². The van der Waals surface area contributed by atoms with Crippen LogP contribution in [0.3, 0.4) is 0 Å². The van der Waals surface area contributed by atoms with Crippen LogP contribution in [0.15, 0.2) is 218 Å². The van der Waals surface area contributed by atoms with Crippen molar-refractivity contribution in [3.63, 3.8) is 0 Å². The summed E-state index contributed by atoms with van der Waals surface area (Å²) in [7, 11) is 0. The summed E-state index contributed by atoms with van der Waals surface area (Å²) >= 11 is 0. The van der Waals surface area contributed by atoms with E-state index in [0.717, 1.165) is 0 Å². The molecule has 0 amide bonds. The molecule has 0 atom stereocenters. The molecule has 0 N–H and O–H groups in total. The Hall–Kier alpha value is -7.28. The second kappa shape index (κ2) is 13.2. The minimum atomic E-state index is 1.20. The number of fused-ring (bicyclic) bond motifs is 5. The van der Waals surface area contributed by atoms with E-state index >= 15 is 0 Å². The molecule has 11 aromatic rings. The summed E-state index contributed by atoms with van der Waals surface area (Å²) in [6, 6.07) is 80.5. The Morgan fingerprint density at radius 1 is 0.179 bits per heavy atom. The molecular weight excluding hydrogens is 673 g/mol. The molecule has 0 nitrogen and oxygen atoms in total. The summed E-state index contributed by atoms with van der Waals surface area (Å²) in [4.78, 5) is 0. The van der Waals surface area contributed by atoms with Gasteiger partial charge in [-0.05, 0) is 140 Å². The Balaban J connectivity index is 1.18. The van der Waals surface area contributed by atoms with E-state index in [2.05, 4.69) is 218 Å². The first-order valence-electron chi connectivity index (χ1n) is 19.4. The number of hydrogen-bond acceptors (Lipinski definition) is 0. The fourth-order valence-electron chi connectivity index (χ4n) is 8.98. The van der Waals surface area contributed by atoms with Gasteiger partial charge in [0, 0.05) is 0 Å². The molecule has 0 heteroatoms. The van der Waals surface area contributed by atoms with Gasteiger partial charge in [0.25, 0.3) is 0 Å². The standard InChI is InChI=1S/C56H36/c1-2-16-39(17-3-1)55-49-23-8-10-25-51(49)56(52-26-11-9-24-50(52)55)45-31-30-44-34-46(48-27-13-19-38-15-6-7-22-47(38)48)36-54(53(44)35-45)43-21-12-20-41(33-43)42-29-28-37-14-4-5-18-40(37)32-42/h1-36H. The molecule has 0 aromatic heterocycles. The summed E-state index contributed by atoms with van der Waals surface area (Å²) in [5.74, 6) is 0. The van der Waals surface area contributed by atoms with Gasteiger partial charge in [-0.3, -0.25) is 0 Å². The lowest BCUT2D eigenvalue weighted by atomic mass is 9.84. The molecule has 0 saturated heterocycles. The molecule has 0 aliphatic carbocycles. The molecule has 0 radical (unpaired) electrons. The van der Waals surface area contributed by atoms with Crippen molar-refractivity contribution in [3.8, 4) is 55.6 Å². The van der Waals surface area contributed by atoms with Gasteiger partial charge in [-0.15, -0.1) is 0 Å². The Morgan fingerprint density at radius 2 is 0.679 bits per heavy atom. The second-order valence-electron chi connectivity index (χ2n) is 14.8. The highest BCUT2D eigenvalue weighted by Crippen LogP contribution is 2.46. The minimum Gasteiger partial charge on any atom is -0.0622 e. The Kier molecular flexibility index (Phi) is 7.60. The zero-order valence-electron chi connectivity index (χ0n) is 30.8. The molecule has 56 heavy (non-hydrogen) atoms. The van der Waals surface area contributed by atoms with Crippen LogP contribution in [0, 0.1) is 0 Å². The van der Waals surface area contributed by atoms with Crippen molar-refractivity contribution in [3.05, 3.63) is 218 Å². The minimum absolute atomic E-state index is 1.20. The highest BCUT2D eigenvalue weighted by molar-refractivity contribution is 6.22.